The van der Waals surface area contributed by atoms with Gasteiger partial charge in [0.15, 0.2) is 5.96 Å². The second-order valence-corrected chi connectivity index (χ2v) is 8.03. The molecule has 3 aromatic carbocycles. The van der Waals surface area contributed by atoms with Gasteiger partial charge in [0.1, 0.15) is 0 Å². The molecule has 1 aliphatic rings. The molecule has 0 amide bonds. The number of aliphatic imine (C=N–C) groups is 1. The van der Waals surface area contributed by atoms with E-state index >= 15 is 0 Å². The van der Waals surface area contributed by atoms with Crippen LogP contribution < -0.4 is 11.1 Å². The van der Waals surface area contributed by atoms with Crippen LogP contribution in [-0.4, -0.2) is 5.96 Å². The van der Waals surface area contributed by atoms with Crippen LogP contribution >= 0.6 is 0 Å². The Morgan fingerprint density at radius 2 is 1.73 bits per heavy atom. The fourth-order valence-electron chi connectivity index (χ4n) is 3.71. The van der Waals surface area contributed by atoms with Crippen molar-refractivity contribution < 1.29 is 0 Å². The molecule has 0 heterocycles. The summed E-state index contributed by atoms with van der Waals surface area (Å²) >= 11 is 0. The van der Waals surface area contributed by atoms with Gasteiger partial charge >= 0.3 is 0 Å². The summed E-state index contributed by atoms with van der Waals surface area (Å²) in [5, 5.41) is 5.86. The van der Waals surface area contributed by atoms with Gasteiger partial charge < -0.3 is 11.1 Å². The second kappa shape index (κ2) is 6.17. The van der Waals surface area contributed by atoms with E-state index in [1.54, 1.807) is 0 Å². The minimum absolute atomic E-state index is 0.144. The maximum atomic E-state index is 6.19. The molecule has 0 fully saturated rings. The Kier molecular flexibility index (Phi) is 3.95. The highest BCUT2D eigenvalue weighted by atomic mass is 15.1. The highest BCUT2D eigenvalue weighted by molar-refractivity contribution is 5.98. The number of nitrogens with two attached hydrogens (primary N) is 1. The number of anilines is 1. The summed E-state index contributed by atoms with van der Waals surface area (Å²) in [4.78, 5) is 4.66. The largest absolute Gasteiger partial charge is 0.369 e. The Morgan fingerprint density at radius 3 is 2.46 bits per heavy atom. The normalized spacial score (nSPS) is 14.0. The van der Waals surface area contributed by atoms with Crippen molar-refractivity contribution in [2.45, 2.75) is 39.0 Å². The summed E-state index contributed by atoms with van der Waals surface area (Å²) in [6.07, 6.45) is 2.11. The number of guanidine groups is 1. The average Bonchev–Trinajstić information content (AvgIpc) is 3.03. The highest BCUT2D eigenvalue weighted by Crippen LogP contribution is 2.36. The summed E-state index contributed by atoms with van der Waals surface area (Å²) in [5.41, 5.74) is 12.3. The van der Waals surface area contributed by atoms with Crippen LogP contribution in [0.4, 0.5) is 11.4 Å². The molecule has 0 bridgehead atoms. The van der Waals surface area contributed by atoms with Crippen LogP contribution in [0.5, 0.6) is 0 Å². The van der Waals surface area contributed by atoms with Gasteiger partial charge in [-0.2, -0.15) is 0 Å². The molecule has 0 saturated carbocycles. The maximum Gasteiger partial charge on any atom is 0.198 e. The Bertz CT molecular complexity index is 992. The van der Waals surface area contributed by atoms with E-state index in [1.807, 2.05) is 0 Å². The number of hydrogen-bond donors (Lipinski definition) is 2. The molecule has 3 heteroatoms. The fourth-order valence-corrected chi connectivity index (χ4v) is 3.71. The molecule has 0 saturated heterocycles. The van der Waals surface area contributed by atoms with Gasteiger partial charge in [-0.15, -0.1) is 0 Å². The van der Waals surface area contributed by atoms with Crippen LogP contribution in [0.1, 0.15) is 37.5 Å². The zero-order valence-electron chi connectivity index (χ0n) is 15.6. The zero-order valence-corrected chi connectivity index (χ0v) is 15.6. The van der Waals surface area contributed by atoms with Crippen molar-refractivity contribution in [2.75, 3.05) is 5.32 Å². The van der Waals surface area contributed by atoms with E-state index in [-0.39, 0.29) is 5.41 Å². The van der Waals surface area contributed by atoms with Gasteiger partial charge in [-0.3, -0.25) is 0 Å². The molecule has 4 rings (SSSR count). The topological polar surface area (TPSA) is 50.4 Å². The Hall–Kier alpha value is -2.81. The first-order valence-corrected chi connectivity index (χ1v) is 9.17. The molecule has 0 atom stereocenters. The van der Waals surface area contributed by atoms with Crippen LogP contribution in [0.25, 0.3) is 10.8 Å². The number of aryl methyl sites for hydroxylation is 2. The third-order valence-corrected chi connectivity index (χ3v) is 5.12. The van der Waals surface area contributed by atoms with Crippen LogP contribution in [0.3, 0.4) is 0 Å². The number of nitrogens with one attached hydrogen (secondary N) is 1. The number of rotatable bonds is 2. The monoisotopic (exact) mass is 343 g/mol. The van der Waals surface area contributed by atoms with Crippen molar-refractivity contribution >= 4 is 28.1 Å². The van der Waals surface area contributed by atoms with Gasteiger partial charge in [0.05, 0.1) is 5.69 Å². The van der Waals surface area contributed by atoms with Gasteiger partial charge in [0.25, 0.3) is 0 Å². The van der Waals surface area contributed by atoms with E-state index in [0.29, 0.717) is 5.96 Å². The molecule has 0 aromatic heterocycles. The van der Waals surface area contributed by atoms with Crippen LogP contribution in [0.2, 0.25) is 0 Å². The summed E-state index contributed by atoms with van der Waals surface area (Å²) in [6, 6.07) is 19.1. The molecule has 132 valence electrons. The zero-order chi connectivity index (χ0) is 18.3. The van der Waals surface area contributed by atoms with Gasteiger partial charge in [-0.05, 0) is 63.9 Å². The lowest BCUT2D eigenvalue weighted by Gasteiger charge is -2.19. The molecule has 0 unspecified atom stereocenters. The van der Waals surface area contributed by atoms with Crippen LogP contribution in [0.15, 0.2) is 59.6 Å². The minimum atomic E-state index is 0.144. The lowest BCUT2D eigenvalue weighted by molar-refractivity contribution is 0.590. The number of hydrogen-bond acceptors (Lipinski definition) is 1. The summed E-state index contributed by atoms with van der Waals surface area (Å²) in [6.45, 7) is 6.63. The second-order valence-electron chi connectivity index (χ2n) is 8.03. The van der Waals surface area contributed by atoms with Gasteiger partial charge in [0.2, 0.25) is 0 Å². The van der Waals surface area contributed by atoms with Crippen molar-refractivity contribution in [3.63, 3.8) is 0 Å². The van der Waals surface area contributed by atoms with Crippen LogP contribution in [0, 0.1) is 0 Å². The summed E-state index contributed by atoms with van der Waals surface area (Å²) in [5.74, 6) is 0.425. The molecule has 0 radical (unpaired) electrons. The van der Waals surface area contributed by atoms with E-state index in [0.717, 1.165) is 24.2 Å². The third kappa shape index (κ3) is 3.05. The maximum absolute atomic E-state index is 6.19. The molecule has 3 nitrogen and oxygen atoms in total. The molecule has 26 heavy (non-hydrogen) atoms. The fraction of sp³-hybridized carbons (Fsp3) is 0.261. The SMILES string of the molecule is CC(C)(C)c1ccc(NC(N)=Nc2ccc3cccc4c3c2CC4)cc1. The van der Waals surface area contributed by atoms with E-state index in [4.69, 9.17) is 5.73 Å². The van der Waals surface area contributed by atoms with Crippen molar-refractivity contribution in [2.24, 2.45) is 10.7 Å². The smallest absolute Gasteiger partial charge is 0.198 e. The predicted octanol–water partition coefficient (Wildman–Crippen LogP) is 5.29. The molecule has 0 spiro atoms. The Morgan fingerprint density at radius 1 is 0.962 bits per heavy atom. The molecule has 3 aromatic rings. The van der Waals surface area contributed by atoms with Crippen molar-refractivity contribution in [3.05, 3.63) is 71.3 Å². The van der Waals surface area contributed by atoms with E-state index < -0.39 is 0 Å². The predicted molar refractivity (Wildman–Crippen MR) is 111 cm³/mol. The molecule has 0 aliphatic heterocycles. The average molecular weight is 343 g/mol. The lowest BCUT2D eigenvalue weighted by atomic mass is 9.87. The first kappa shape index (κ1) is 16.6. The molecule has 1 aliphatic carbocycles. The Labute approximate surface area is 155 Å². The molecule has 3 N–H and O–H groups in total. The number of benzene rings is 3. The summed E-state index contributed by atoms with van der Waals surface area (Å²) in [7, 11) is 0. The van der Waals surface area contributed by atoms with Gasteiger partial charge in [-0.25, -0.2) is 4.99 Å². The lowest BCUT2D eigenvalue weighted by Crippen LogP contribution is -2.22. The van der Waals surface area contributed by atoms with Crippen molar-refractivity contribution in [1.29, 1.82) is 0 Å². The highest BCUT2D eigenvalue weighted by Gasteiger charge is 2.17. The van der Waals surface area contributed by atoms with Gasteiger partial charge in [-0.1, -0.05) is 57.2 Å². The number of nitrogens with zero attached hydrogens (tertiary/aromatic N) is 1. The van der Waals surface area contributed by atoms with E-state index in [9.17, 15) is 0 Å². The Balaban J connectivity index is 1.61. The molecular weight excluding hydrogens is 318 g/mol. The van der Waals surface area contributed by atoms with E-state index in [2.05, 4.69) is 85.7 Å². The minimum Gasteiger partial charge on any atom is -0.369 e. The molecular formula is C23H25N3. The first-order chi connectivity index (χ1) is 12.4. The van der Waals surface area contributed by atoms with Crippen molar-refractivity contribution in [3.8, 4) is 0 Å². The van der Waals surface area contributed by atoms with E-state index in [1.165, 1.54) is 27.5 Å². The van der Waals surface area contributed by atoms with Crippen LogP contribution in [-0.2, 0) is 18.3 Å². The van der Waals surface area contributed by atoms with Crippen molar-refractivity contribution in [1.82, 2.24) is 0 Å². The first-order valence-electron chi connectivity index (χ1n) is 9.17. The summed E-state index contributed by atoms with van der Waals surface area (Å²) < 4.78 is 0. The standard InChI is InChI=1S/C23H25N3/c1-23(2,3)17-9-11-18(12-10-17)25-22(24)26-20-14-8-16-6-4-5-15-7-13-19(20)21(15)16/h4-6,8-12,14H,7,13H2,1-3H3,(H3,24,25,26). The van der Waals surface area contributed by atoms with Gasteiger partial charge in [0, 0.05) is 5.69 Å². The quantitative estimate of drug-likeness (QED) is 0.490. The third-order valence-electron chi connectivity index (χ3n) is 5.12.